The van der Waals surface area contributed by atoms with Crippen LogP contribution in [0.2, 0.25) is 0 Å². The topological polar surface area (TPSA) is 20.3 Å². The average molecular weight is 155 g/mol. The van der Waals surface area contributed by atoms with Crippen molar-refractivity contribution in [1.82, 2.24) is 4.90 Å². The van der Waals surface area contributed by atoms with Crippen molar-refractivity contribution in [3.05, 3.63) is 0 Å². The van der Waals surface area contributed by atoms with Gasteiger partial charge in [-0.3, -0.25) is 4.90 Å². The summed E-state index contributed by atoms with van der Waals surface area (Å²) in [6.45, 7) is 5.14. The molecule has 0 amide bonds. The molecule has 0 spiro atoms. The molecule has 1 fully saturated rings. The smallest absolute Gasteiger partial charge is 0.133 e. The average Bonchev–Trinajstić information content (AvgIpc) is 1.83. The molecule has 1 aliphatic rings. The second-order valence-electron chi connectivity index (χ2n) is 4.33. The third-order valence-electron chi connectivity index (χ3n) is 2.56. The molecule has 0 radical (unpaired) electrons. The van der Waals surface area contributed by atoms with Gasteiger partial charge in [-0.15, -0.1) is 0 Å². The van der Waals surface area contributed by atoms with Crippen molar-refractivity contribution < 1.29 is 4.79 Å². The third-order valence-corrected chi connectivity index (χ3v) is 2.56. The van der Waals surface area contributed by atoms with Crippen molar-refractivity contribution in [2.75, 3.05) is 13.6 Å². The van der Waals surface area contributed by atoms with Gasteiger partial charge in [-0.2, -0.15) is 0 Å². The number of carbonyl (C=O) groups excluding carboxylic acids is 1. The first-order chi connectivity index (χ1) is 5.05. The Morgan fingerprint density at radius 3 is 2.45 bits per heavy atom. The highest BCUT2D eigenvalue weighted by molar-refractivity contribution is 5.52. The Bertz CT molecular complexity index is 146. The van der Waals surface area contributed by atoms with E-state index >= 15 is 0 Å². The maximum absolute atomic E-state index is 10.2. The van der Waals surface area contributed by atoms with E-state index in [1.807, 2.05) is 7.05 Å². The summed E-state index contributed by atoms with van der Waals surface area (Å²) in [5.41, 5.74) is 0.516. The van der Waals surface area contributed by atoms with Gasteiger partial charge in [-0.05, 0) is 25.3 Å². The molecule has 1 saturated carbocycles. The van der Waals surface area contributed by atoms with Crippen molar-refractivity contribution in [2.24, 2.45) is 5.41 Å². The van der Waals surface area contributed by atoms with E-state index in [0.717, 1.165) is 6.29 Å². The Labute approximate surface area is 68.6 Å². The van der Waals surface area contributed by atoms with Gasteiger partial charge in [0.2, 0.25) is 0 Å². The molecular weight excluding hydrogens is 138 g/mol. The molecule has 64 valence electrons. The summed E-state index contributed by atoms with van der Waals surface area (Å²) in [6, 6.07) is 0.648. The van der Waals surface area contributed by atoms with Crippen molar-refractivity contribution in [3.8, 4) is 0 Å². The number of aldehydes is 1. The lowest BCUT2D eigenvalue weighted by molar-refractivity contribution is -0.110. The second-order valence-corrected chi connectivity index (χ2v) is 4.33. The number of likely N-dealkylation sites (N-methyl/N-ethyl adjacent to an activating group) is 1. The lowest BCUT2D eigenvalue weighted by Gasteiger charge is -2.46. The van der Waals surface area contributed by atoms with E-state index < -0.39 is 0 Å². The van der Waals surface area contributed by atoms with E-state index in [9.17, 15) is 4.79 Å². The van der Waals surface area contributed by atoms with Crippen LogP contribution in [0.3, 0.4) is 0 Å². The summed E-state index contributed by atoms with van der Waals surface area (Å²) in [5.74, 6) is 0. The zero-order chi connectivity index (χ0) is 8.48. The Kier molecular flexibility index (Phi) is 2.33. The number of hydrogen-bond acceptors (Lipinski definition) is 2. The summed E-state index contributed by atoms with van der Waals surface area (Å²) < 4.78 is 0. The maximum atomic E-state index is 10.2. The van der Waals surface area contributed by atoms with Gasteiger partial charge in [0.1, 0.15) is 6.29 Å². The van der Waals surface area contributed by atoms with Crippen molar-refractivity contribution in [1.29, 1.82) is 0 Å². The highest BCUT2D eigenvalue weighted by Gasteiger charge is 2.37. The molecule has 0 atom stereocenters. The molecule has 1 aliphatic carbocycles. The predicted octanol–water partition coefficient (Wildman–Crippen LogP) is 1.31. The van der Waals surface area contributed by atoms with E-state index in [0.29, 0.717) is 18.0 Å². The van der Waals surface area contributed by atoms with E-state index in [1.165, 1.54) is 12.8 Å². The van der Waals surface area contributed by atoms with Crippen LogP contribution in [0.5, 0.6) is 0 Å². The third kappa shape index (κ3) is 2.03. The molecule has 1 rings (SSSR count). The predicted molar refractivity (Wildman–Crippen MR) is 45.5 cm³/mol. The molecule has 0 bridgehead atoms. The van der Waals surface area contributed by atoms with E-state index in [4.69, 9.17) is 0 Å². The lowest BCUT2D eigenvalue weighted by Crippen LogP contribution is -2.47. The first-order valence-corrected chi connectivity index (χ1v) is 4.19. The van der Waals surface area contributed by atoms with Crippen molar-refractivity contribution in [2.45, 2.75) is 32.7 Å². The summed E-state index contributed by atoms with van der Waals surface area (Å²) >= 11 is 0. The molecular formula is C9H17NO. The van der Waals surface area contributed by atoms with Crippen LogP contribution in [-0.2, 0) is 4.79 Å². The molecule has 0 saturated heterocycles. The van der Waals surface area contributed by atoms with E-state index in [-0.39, 0.29) is 0 Å². The van der Waals surface area contributed by atoms with Crippen LogP contribution in [0.4, 0.5) is 0 Å². The molecule has 11 heavy (non-hydrogen) atoms. The van der Waals surface area contributed by atoms with Crippen LogP contribution in [0.1, 0.15) is 26.7 Å². The quantitative estimate of drug-likeness (QED) is 0.573. The molecule has 0 aromatic carbocycles. The molecule has 0 aliphatic heterocycles. The fourth-order valence-electron chi connectivity index (χ4n) is 1.79. The van der Waals surface area contributed by atoms with Crippen LogP contribution >= 0.6 is 0 Å². The molecule has 0 aromatic heterocycles. The highest BCUT2D eigenvalue weighted by Crippen LogP contribution is 2.41. The number of hydrogen-bond donors (Lipinski definition) is 0. The van der Waals surface area contributed by atoms with Gasteiger partial charge < -0.3 is 4.79 Å². The molecule has 0 aromatic rings. The van der Waals surface area contributed by atoms with Crippen molar-refractivity contribution in [3.63, 3.8) is 0 Å². The highest BCUT2D eigenvalue weighted by atomic mass is 16.1. The zero-order valence-corrected chi connectivity index (χ0v) is 7.63. The SMILES string of the molecule is CN(CC=O)C1CC(C)(C)C1. The Morgan fingerprint density at radius 1 is 1.55 bits per heavy atom. The zero-order valence-electron chi connectivity index (χ0n) is 7.63. The van der Waals surface area contributed by atoms with Gasteiger partial charge in [0.05, 0.1) is 6.54 Å². The number of rotatable bonds is 3. The first-order valence-electron chi connectivity index (χ1n) is 4.19. The van der Waals surface area contributed by atoms with Crippen LogP contribution in [0.25, 0.3) is 0 Å². The van der Waals surface area contributed by atoms with E-state index in [2.05, 4.69) is 18.7 Å². The maximum Gasteiger partial charge on any atom is 0.133 e. The standard InChI is InChI=1S/C9H17NO/c1-9(2)6-8(7-9)10(3)4-5-11/h5,8H,4,6-7H2,1-3H3. The summed E-state index contributed by atoms with van der Waals surface area (Å²) in [5, 5.41) is 0. The van der Waals surface area contributed by atoms with E-state index in [1.54, 1.807) is 0 Å². The van der Waals surface area contributed by atoms with Crippen molar-refractivity contribution >= 4 is 6.29 Å². The van der Waals surface area contributed by atoms with Crippen LogP contribution in [-0.4, -0.2) is 30.8 Å². The summed E-state index contributed by atoms with van der Waals surface area (Å²) in [7, 11) is 2.02. The van der Waals surface area contributed by atoms with Gasteiger partial charge in [-0.1, -0.05) is 13.8 Å². The summed E-state index contributed by atoms with van der Waals surface area (Å²) in [6.07, 6.45) is 3.44. The Balaban J connectivity index is 2.26. The van der Waals surface area contributed by atoms with Gasteiger partial charge in [-0.25, -0.2) is 0 Å². The minimum atomic E-state index is 0.516. The minimum absolute atomic E-state index is 0.516. The molecule has 2 heteroatoms. The van der Waals surface area contributed by atoms with Gasteiger partial charge in [0.25, 0.3) is 0 Å². The lowest BCUT2D eigenvalue weighted by atomic mass is 9.68. The van der Waals surface area contributed by atoms with Crippen LogP contribution < -0.4 is 0 Å². The minimum Gasteiger partial charge on any atom is -0.302 e. The van der Waals surface area contributed by atoms with Gasteiger partial charge >= 0.3 is 0 Å². The van der Waals surface area contributed by atoms with Gasteiger partial charge in [0, 0.05) is 6.04 Å². The molecule has 2 nitrogen and oxygen atoms in total. The number of nitrogens with zero attached hydrogens (tertiary/aromatic N) is 1. The molecule has 0 N–H and O–H groups in total. The normalized spacial score (nSPS) is 23.3. The monoisotopic (exact) mass is 155 g/mol. The first kappa shape index (κ1) is 8.72. The summed E-state index contributed by atoms with van der Waals surface area (Å²) in [4.78, 5) is 12.3. The van der Waals surface area contributed by atoms with Gasteiger partial charge in [0.15, 0.2) is 0 Å². The number of carbonyl (C=O) groups is 1. The van der Waals surface area contributed by atoms with Crippen LogP contribution in [0, 0.1) is 5.41 Å². The molecule has 0 heterocycles. The fraction of sp³-hybridized carbons (Fsp3) is 0.889. The second kappa shape index (κ2) is 2.94. The fourth-order valence-corrected chi connectivity index (χ4v) is 1.79. The molecule has 0 unspecified atom stereocenters. The Hall–Kier alpha value is -0.370. The largest absolute Gasteiger partial charge is 0.302 e. The Morgan fingerprint density at radius 2 is 2.09 bits per heavy atom. The van der Waals surface area contributed by atoms with Crippen LogP contribution in [0.15, 0.2) is 0 Å².